The number of halogens is 3. The van der Waals surface area contributed by atoms with Gasteiger partial charge in [0.2, 0.25) is 0 Å². The molecule has 0 bridgehead atoms. The summed E-state index contributed by atoms with van der Waals surface area (Å²) < 4.78 is 42.2. The van der Waals surface area contributed by atoms with E-state index in [9.17, 15) is 18.0 Å². The molecule has 1 rings (SSSR count). The van der Waals surface area contributed by atoms with Gasteiger partial charge in [-0.1, -0.05) is 17.3 Å². The number of carbonyl (C=O) groups excluding carboxylic acids is 1. The fourth-order valence-electron chi connectivity index (χ4n) is 1.52. The van der Waals surface area contributed by atoms with E-state index in [1.165, 1.54) is 25.5 Å². The van der Waals surface area contributed by atoms with Gasteiger partial charge in [-0.15, -0.1) is 0 Å². The first-order chi connectivity index (χ1) is 9.40. The van der Waals surface area contributed by atoms with E-state index in [0.29, 0.717) is 5.56 Å². The molecule has 4 nitrogen and oxygen atoms in total. The predicted octanol–water partition coefficient (Wildman–Crippen LogP) is 2.98. The van der Waals surface area contributed by atoms with E-state index in [-0.39, 0.29) is 6.61 Å². The van der Waals surface area contributed by atoms with Crippen molar-refractivity contribution < 1.29 is 27.5 Å². The Morgan fingerprint density at radius 2 is 1.95 bits per heavy atom. The number of hydrogen-bond acceptors (Lipinski definition) is 4. The fraction of sp³-hybridized carbons (Fsp3) is 0.385. The highest BCUT2D eigenvalue weighted by Gasteiger charge is 2.30. The van der Waals surface area contributed by atoms with Crippen molar-refractivity contribution in [1.29, 1.82) is 0 Å². The third kappa shape index (κ3) is 4.25. The van der Waals surface area contributed by atoms with Gasteiger partial charge in [0, 0.05) is 0 Å². The van der Waals surface area contributed by atoms with Crippen LogP contribution in [-0.4, -0.2) is 25.9 Å². The predicted molar refractivity (Wildman–Crippen MR) is 66.3 cm³/mol. The SMILES string of the molecule is CCOC(=O)C(/C=N/OC)c1ccc(C(F)(F)F)cc1. The molecular formula is C13H14F3NO3. The van der Waals surface area contributed by atoms with Gasteiger partial charge >= 0.3 is 12.1 Å². The van der Waals surface area contributed by atoms with Gasteiger partial charge in [-0.3, -0.25) is 4.79 Å². The van der Waals surface area contributed by atoms with E-state index in [4.69, 9.17) is 4.74 Å². The molecule has 0 spiro atoms. The molecular weight excluding hydrogens is 275 g/mol. The fourth-order valence-corrected chi connectivity index (χ4v) is 1.52. The van der Waals surface area contributed by atoms with Crippen molar-refractivity contribution in [3.8, 4) is 0 Å². The molecule has 1 atom stereocenters. The Balaban J connectivity index is 3.02. The number of oxime groups is 1. The zero-order chi connectivity index (χ0) is 15.2. The summed E-state index contributed by atoms with van der Waals surface area (Å²) in [4.78, 5) is 16.2. The lowest BCUT2D eigenvalue weighted by molar-refractivity contribution is -0.143. The average Bonchev–Trinajstić information content (AvgIpc) is 2.39. The van der Waals surface area contributed by atoms with Crippen LogP contribution in [0.1, 0.15) is 24.0 Å². The van der Waals surface area contributed by atoms with Crippen LogP contribution in [0.5, 0.6) is 0 Å². The Hall–Kier alpha value is -2.05. The van der Waals surface area contributed by atoms with Gasteiger partial charge in [0.25, 0.3) is 0 Å². The van der Waals surface area contributed by atoms with E-state index >= 15 is 0 Å². The summed E-state index contributed by atoms with van der Waals surface area (Å²) in [6.45, 7) is 1.80. The van der Waals surface area contributed by atoms with Gasteiger partial charge in [-0.2, -0.15) is 13.2 Å². The Morgan fingerprint density at radius 1 is 1.35 bits per heavy atom. The average molecular weight is 289 g/mol. The van der Waals surface area contributed by atoms with E-state index in [1.54, 1.807) is 6.92 Å². The summed E-state index contributed by atoms with van der Waals surface area (Å²) in [6, 6.07) is 4.24. The van der Waals surface area contributed by atoms with Crippen LogP contribution in [0.2, 0.25) is 0 Å². The van der Waals surface area contributed by atoms with E-state index in [1.807, 2.05) is 0 Å². The summed E-state index contributed by atoms with van der Waals surface area (Å²) in [5, 5.41) is 3.47. The Labute approximate surface area is 114 Å². The molecule has 0 aliphatic rings. The van der Waals surface area contributed by atoms with Crippen molar-refractivity contribution in [2.24, 2.45) is 5.16 Å². The maximum Gasteiger partial charge on any atom is 0.416 e. The monoisotopic (exact) mass is 289 g/mol. The molecule has 0 amide bonds. The largest absolute Gasteiger partial charge is 0.465 e. The highest BCUT2D eigenvalue weighted by atomic mass is 19.4. The van der Waals surface area contributed by atoms with Gasteiger partial charge in [0.1, 0.15) is 13.0 Å². The Bertz CT molecular complexity index is 469. The number of carbonyl (C=O) groups is 1. The molecule has 0 heterocycles. The first-order valence-electron chi connectivity index (χ1n) is 5.80. The minimum Gasteiger partial charge on any atom is -0.465 e. The van der Waals surface area contributed by atoms with Gasteiger partial charge in [-0.05, 0) is 24.6 Å². The van der Waals surface area contributed by atoms with E-state index in [0.717, 1.165) is 12.1 Å². The number of nitrogens with zero attached hydrogens (tertiary/aromatic N) is 1. The van der Waals surface area contributed by atoms with Crippen LogP contribution >= 0.6 is 0 Å². The van der Waals surface area contributed by atoms with Crippen LogP contribution in [0.15, 0.2) is 29.4 Å². The standard InChI is InChI=1S/C13H14F3NO3/c1-3-20-12(18)11(8-17-19-2)9-4-6-10(7-5-9)13(14,15)16/h4-8,11H,3H2,1-2H3/b17-8+. The van der Waals surface area contributed by atoms with Crippen molar-refractivity contribution in [2.45, 2.75) is 19.0 Å². The number of ether oxygens (including phenoxy) is 1. The first kappa shape index (κ1) is 16.0. The molecule has 0 N–H and O–H groups in total. The van der Waals surface area contributed by atoms with Crippen molar-refractivity contribution in [1.82, 2.24) is 0 Å². The second kappa shape index (κ2) is 6.93. The summed E-state index contributed by atoms with van der Waals surface area (Å²) >= 11 is 0. The van der Waals surface area contributed by atoms with Crippen molar-refractivity contribution in [3.63, 3.8) is 0 Å². The minimum absolute atomic E-state index is 0.163. The lowest BCUT2D eigenvalue weighted by Crippen LogP contribution is -2.17. The number of hydrogen-bond donors (Lipinski definition) is 0. The van der Waals surface area contributed by atoms with Gasteiger partial charge in [0.15, 0.2) is 0 Å². The summed E-state index contributed by atoms with van der Waals surface area (Å²) in [5.41, 5.74) is -0.440. The highest BCUT2D eigenvalue weighted by molar-refractivity contribution is 5.95. The van der Waals surface area contributed by atoms with Crippen LogP contribution in [0.4, 0.5) is 13.2 Å². The number of rotatable bonds is 5. The van der Waals surface area contributed by atoms with Crippen LogP contribution in [0.25, 0.3) is 0 Å². The molecule has 0 aliphatic carbocycles. The minimum atomic E-state index is -4.42. The number of alkyl halides is 3. The summed E-state index contributed by atoms with van der Waals surface area (Å²) in [7, 11) is 1.30. The zero-order valence-electron chi connectivity index (χ0n) is 11.0. The smallest absolute Gasteiger partial charge is 0.416 e. The molecule has 0 aliphatic heterocycles. The lowest BCUT2D eigenvalue weighted by atomic mass is 9.99. The molecule has 0 saturated carbocycles. The van der Waals surface area contributed by atoms with Gasteiger partial charge < -0.3 is 9.57 Å². The molecule has 0 fully saturated rings. The molecule has 1 unspecified atom stereocenters. The highest BCUT2D eigenvalue weighted by Crippen LogP contribution is 2.30. The zero-order valence-corrected chi connectivity index (χ0v) is 11.0. The maximum atomic E-state index is 12.5. The number of benzene rings is 1. The summed E-state index contributed by atoms with van der Waals surface area (Å²) in [5.74, 6) is -1.51. The van der Waals surface area contributed by atoms with Crippen LogP contribution < -0.4 is 0 Å². The molecule has 0 radical (unpaired) electrons. The quantitative estimate of drug-likeness (QED) is 0.475. The molecule has 110 valence electrons. The van der Waals surface area contributed by atoms with Crippen LogP contribution in [0, 0.1) is 0 Å². The summed E-state index contributed by atoms with van der Waals surface area (Å²) in [6.07, 6.45) is -3.24. The Kier molecular flexibility index (Phi) is 5.54. The third-order valence-electron chi connectivity index (χ3n) is 2.45. The molecule has 7 heteroatoms. The molecule has 1 aromatic rings. The van der Waals surface area contributed by atoms with Crippen LogP contribution in [-0.2, 0) is 20.5 Å². The molecule has 0 saturated heterocycles. The maximum absolute atomic E-state index is 12.5. The number of esters is 1. The van der Waals surface area contributed by atoms with E-state index < -0.39 is 23.6 Å². The van der Waals surface area contributed by atoms with Crippen molar-refractivity contribution in [3.05, 3.63) is 35.4 Å². The van der Waals surface area contributed by atoms with Crippen molar-refractivity contribution >= 4 is 12.2 Å². The van der Waals surface area contributed by atoms with Gasteiger partial charge in [-0.25, -0.2) is 0 Å². The third-order valence-corrected chi connectivity index (χ3v) is 2.45. The van der Waals surface area contributed by atoms with Gasteiger partial charge in [0.05, 0.1) is 18.4 Å². The molecule has 1 aromatic carbocycles. The second-order valence-electron chi connectivity index (χ2n) is 3.79. The first-order valence-corrected chi connectivity index (χ1v) is 5.80. The normalized spacial score (nSPS) is 13.2. The topological polar surface area (TPSA) is 47.9 Å². The van der Waals surface area contributed by atoms with E-state index in [2.05, 4.69) is 9.99 Å². The Morgan fingerprint density at radius 3 is 2.40 bits per heavy atom. The van der Waals surface area contributed by atoms with Crippen LogP contribution in [0.3, 0.4) is 0 Å². The second-order valence-corrected chi connectivity index (χ2v) is 3.79. The lowest BCUT2D eigenvalue weighted by Gasteiger charge is -2.12. The molecule has 0 aromatic heterocycles. The molecule has 20 heavy (non-hydrogen) atoms. The van der Waals surface area contributed by atoms with Crippen molar-refractivity contribution in [2.75, 3.05) is 13.7 Å².